The molecule has 1 aliphatic heterocycles. The van der Waals surface area contributed by atoms with Crippen LogP contribution in [0.15, 0.2) is 36.4 Å². The first-order chi connectivity index (χ1) is 11.2. The van der Waals surface area contributed by atoms with Crippen LogP contribution in [0.25, 0.3) is 0 Å². The van der Waals surface area contributed by atoms with Crippen molar-refractivity contribution < 1.29 is 31.2 Å². The first-order valence-electron chi connectivity index (χ1n) is 6.93. The predicted octanol–water partition coefficient (Wildman–Crippen LogP) is 0.615. The average molecular weight is 358 g/mol. The van der Waals surface area contributed by atoms with Gasteiger partial charge in [-0.2, -0.15) is 8.42 Å². The standard InChI is InChI=1S/C14H15FN2O6S/c15-24(21,22)23-12-3-1-2-11(8-12)17-7-6-10(9-17)16-13(18)4-5-14(19)20/h1-5,8,10H,6-7,9H2,(H,16,18)(H,19,20)/b5-4-/t10-/m1/s1. The number of nitrogens with one attached hydrogen (secondary N) is 1. The second-order valence-corrected chi connectivity index (χ2v) is 6.04. The summed E-state index contributed by atoms with van der Waals surface area (Å²) in [6, 6.07) is 5.73. The Morgan fingerprint density at radius 3 is 2.79 bits per heavy atom. The SMILES string of the molecule is O=C(O)/C=C\C(=O)N[C@@H]1CCN(c2cccc(OS(=O)(=O)F)c2)C1. The number of anilines is 1. The number of nitrogens with zero attached hydrogens (tertiary/aromatic N) is 1. The van der Waals surface area contributed by atoms with Crippen LogP contribution >= 0.6 is 0 Å². The van der Waals surface area contributed by atoms with E-state index in [1.54, 1.807) is 6.07 Å². The minimum Gasteiger partial charge on any atom is -0.478 e. The molecule has 1 atom stereocenters. The number of carbonyl (C=O) groups excluding carboxylic acids is 1. The molecule has 24 heavy (non-hydrogen) atoms. The van der Waals surface area contributed by atoms with E-state index >= 15 is 0 Å². The number of amides is 1. The highest BCUT2D eigenvalue weighted by Crippen LogP contribution is 2.25. The Balaban J connectivity index is 1.97. The number of carboxylic acid groups (broad SMARTS) is 1. The van der Waals surface area contributed by atoms with Crippen molar-refractivity contribution in [1.82, 2.24) is 5.32 Å². The smallest absolute Gasteiger partial charge is 0.478 e. The molecular formula is C14H15FN2O6S. The highest BCUT2D eigenvalue weighted by Gasteiger charge is 2.24. The van der Waals surface area contributed by atoms with E-state index in [1.807, 2.05) is 4.90 Å². The number of hydrogen-bond donors (Lipinski definition) is 2. The summed E-state index contributed by atoms with van der Waals surface area (Å²) in [5.74, 6) is -1.87. The minimum absolute atomic E-state index is 0.146. The van der Waals surface area contributed by atoms with E-state index < -0.39 is 22.4 Å². The maximum Gasteiger partial charge on any atom is 0.488 e. The van der Waals surface area contributed by atoms with Gasteiger partial charge in [-0.25, -0.2) is 4.79 Å². The van der Waals surface area contributed by atoms with Gasteiger partial charge in [0.2, 0.25) is 5.91 Å². The van der Waals surface area contributed by atoms with Crippen molar-refractivity contribution in [2.75, 3.05) is 18.0 Å². The van der Waals surface area contributed by atoms with Gasteiger partial charge in [0, 0.05) is 43.0 Å². The molecule has 8 nitrogen and oxygen atoms in total. The van der Waals surface area contributed by atoms with Gasteiger partial charge in [0.25, 0.3) is 0 Å². The zero-order chi connectivity index (χ0) is 17.7. The van der Waals surface area contributed by atoms with E-state index in [9.17, 15) is 21.9 Å². The zero-order valence-electron chi connectivity index (χ0n) is 12.4. The molecule has 10 heteroatoms. The lowest BCUT2D eigenvalue weighted by Crippen LogP contribution is -2.36. The Morgan fingerprint density at radius 1 is 1.38 bits per heavy atom. The number of halogens is 1. The van der Waals surface area contributed by atoms with Crippen molar-refractivity contribution in [2.45, 2.75) is 12.5 Å². The Labute approximate surface area is 137 Å². The van der Waals surface area contributed by atoms with Crippen LogP contribution in [0.2, 0.25) is 0 Å². The Bertz CT molecular complexity index is 764. The molecule has 2 N–H and O–H groups in total. The molecule has 0 saturated carbocycles. The fraction of sp³-hybridized carbons (Fsp3) is 0.286. The van der Waals surface area contributed by atoms with Crippen LogP contribution in [0.1, 0.15) is 6.42 Å². The third-order valence-corrected chi connectivity index (χ3v) is 3.68. The summed E-state index contributed by atoms with van der Waals surface area (Å²) in [6.45, 7) is 1.03. The molecule has 1 saturated heterocycles. The number of aliphatic carboxylic acids is 1. The molecule has 0 spiro atoms. The molecule has 0 bridgehead atoms. The first-order valence-corrected chi connectivity index (χ1v) is 8.24. The van der Waals surface area contributed by atoms with Crippen molar-refractivity contribution >= 4 is 28.1 Å². The summed E-state index contributed by atoms with van der Waals surface area (Å²) in [4.78, 5) is 23.8. The molecule has 1 aliphatic rings. The summed E-state index contributed by atoms with van der Waals surface area (Å²) >= 11 is 0. The van der Waals surface area contributed by atoms with Crippen LogP contribution in [0.5, 0.6) is 5.75 Å². The Hall–Kier alpha value is -2.62. The monoisotopic (exact) mass is 358 g/mol. The van der Waals surface area contributed by atoms with Gasteiger partial charge in [-0.1, -0.05) is 9.95 Å². The molecular weight excluding hydrogens is 343 g/mol. The van der Waals surface area contributed by atoms with E-state index in [0.29, 0.717) is 25.2 Å². The van der Waals surface area contributed by atoms with Gasteiger partial charge in [0.15, 0.2) is 0 Å². The zero-order valence-corrected chi connectivity index (χ0v) is 13.2. The second-order valence-electron chi connectivity index (χ2n) is 5.09. The third kappa shape index (κ3) is 5.54. The summed E-state index contributed by atoms with van der Waals surface area (Å²) in [7, 11) is -5.09. The number of rotatable bonds is 6. The molecule has 0 aliphatic carbocycles. The van der Waals surface area contributed by atoms with Crippen LogP contribution in [0, 0.1) is 0 Å². The second kappa shape index (κ2) is 7.30. The van der Waals surface area contributed by atoms with Crippen LogP contribution in [-0.2, 0) is 20.1 Å². The normalized spacial score (nSPS) is 17.9. The lowest BCUT2D eigenvalue weighted by atomic mass is 10.2. The fourth-order valence-electron chi connectivity index (χ4n) is 2.36. The molecule has 0 aromatic heterocycles. The number of benzene rings is 1. The van der Waals surface area contributed by atoms with E-state index in [1.165, 1.54) is 18.2 Å². The van der Waals surface area contributed by atoms with Gasteiger partial charge in [0.1, 0.15) is 5.75 Å². The van der Waals surface area contributed by atoms with E-state index in [-0.39, 0.29) is 11.8 Å². The molecule has 1 fully saturated rings. The van der Waals surface area contributed by atoms with Gasteiger partial charge in [-0.3, -0.25) is 4.79 Å². The quantitative estimate of drug-likeness (QED) is 0.566. The van der Waals surface area contributed by atoms with Gasteiger partial charge in [-0.15, -0.1) is 0 Å². The fourth-order valence-corrected chi connectivity index (χ4v) is 2.69. The molecule has 1 amide bonds. The first kappa shape index (κ1) is 17.7. The van der Waals surface area contributed by atoms with Crippen molar-refractivity contribution in [3.63, 3.8) is 0 Å². The minimum atomic E-state index is -5.09. The highest BCUT2D eigenvalue weighted by atomic mass is 32.3. The summed E-state index contributed by atoms with van der Waals surface area (Å²) in [6.07, 6.45) is 2.31. The molecule has 1 aromatic carbocycles. The largest absolute Gasteiger partial charge is 0.488 e. The van der Waals surface area contributed by atoms with E-state index in [4.69, 9.17) is 5.11 Å². The molecule has 1 heterocycles. The average Bonchev–Trinajstić information content (AvgIpc) is 2.92. The van der Waals surface area contributed by atoms with Crippen LogP contribution in [-0.4, -0.2) is 44.5 Å². The number of hydrogen-bond acceptors (Lipinski definition) is 6. The lowest BCUT2D eigenvalue weighted by molar-refractivity contribution is -0.131. The molecule has 1 aromatic rings. The van der Waals surface area contributed by atoms with Crippen molar-refractivity contribution in [1.29, 1.82) is 0 Å². The maximum absolute atomic E-state index is 12.6. The van der Waals surface area contributed by atoms with Gasteiger partial charge < -0.3 is 19.5 Å². The van der Waals surface area contributed by atoms with Crippen molar-refractivity contribution in [2.24, 2.45) is 0 Å². The molecule has 0 radical (unpaired) electrons. The summed E-state index contributed by atoms with van der Waals surface area (Å²) < 4.78 is 37.8. The van der Waals surface area contributed by atoms with Gasteiger partial charge in [0.05, 0.1) is 0 Å². The van der Waals surface area contributed by atoms with Gasteiger partial charge >= 0.3 is 16.5 Å². The number of carboxylic acids is 1. The van der Waals surface area contributed by atoms with Gasteiger partial charge in [-0.05, 0) is 18.6 Å². The number of carbonyl (C=O) groups is 2. The predicted molar refractivity (Wildman–Crippen MR) is 82.6 cm³/mol. The highest BCUT2D eigenvalue weighted by molar-refractivity contribution is 7.81. The third-order valence-electron chi connectivity index (χ3n) is 3.29. The van der Waals surface area contributed by atoms with Crippen molar-refractivity contribution in [3.05, 3.63) is 36.4 Å². The maximum atomic E-state index is 12.6. The summed E-state index contributed by atoms with van der Waals surface area (Å²) in [5.41, 5.74) is 0.619. The molecule has 130 valence electrons. The van der Waals surface area contributed by atoms with Crippen molar-refractivity contribution in [3.8, 4) is 5.75 Å². The van der Waals surface area contributed by atoms with Crippen LogP contribution < -0.4 is 14.4 Å². The van der Waals surface area contributed by atoms with E-state index in [2.05, 4.69) is 9.50 Å². The summed E-state index contributed by atoms with van der Waals surface area (Å²) in [5, 5.41) is 11.1. The van der Waals surface area contributed by atoms with Crippen LogP contribution in [0.3, 0.4) is 0 Å². The Kier molecular flexibility index (Phi) is 5.39. The topological polar surface area (TPSA) is 113 Å². The van der Waals surface area contributed by atoms with E-state index in [0.717, 1.165) is 12.2 Å². The lowest BCUT2D eigenvalue weighted by Gasteiger charge is -2.19. The molecule has 2 rings (SSSR count). The van der Waals surface area contributed by atoms with Crippen LogP contribution in [0.4, 0.5) is 9.57 Å². The Morgan fingerprint density at radius 2 is 2.12 bits per heavy atom. The molecule has 0 unspecified atom stereocenters.